The zero-order chi connectivity index (χ0) is 14.4. The molecule has 0 radical (unpaired) electrons. The molecule has 4 nitrogen and oxygen atoms in total. The molecule has 0 atom stereocenters. The number of benzene rings is 1. The first-order valence-corrected chi connectivity index (χ1v) is 6.84. The minimum atomic E-state index is -0.487. The van der Waals surface area contributed by atoms with E-state index in [4.69, 9.17) is 4.74 Å². The third kappa shape index (κ3) is 4.23. The summed E-state index contributed by atoms with van der Waals surface area (Å²) in [6.07, 6.45) is 5.11. The number of likely N-dealkylation sites (tertiary alicyclic amines) is 1. The lowest BCUT2D eigenvalue weighted by Gasteiger charge is -2.14. The van der Waals surface area contributed by atoms with E-state index in [0.29, 0.717) is 0 Å². The number of aryl methyl sites for hydroxylation is 1. The van der Waals surface area contributed by atoms with E-state index in [1.165, 1.54) is 6.08 Å². The summed E-state index contributed by atoms with van der Waals surface area (Å²) in [4.78, 5) is 25.0. The molecule has 0 saturated carbocycles. The minimum absolute atomic E-state index is 0.111. The van der Waals surface area contributed by atoms with Crippen LogP contribution in [0, 0.1) is 6.92 Å². The van der Waals surface area contributed by atoms with Crippen molar-refractivity contribution in [3.63, 3.8) is 0 Å². The van der Waals surface area contributed by atoms with Crippen molar-refractivity contribution in [2.45, 2.75) is 19.8 Å². The molecule has 1 aromatic rings. The normalized spacial score (nSPS) is 14.8. The van der Waals surface area contributed by atoms with E-state index < -0.39 is 5.97 Å². The van der Waals surface area contributed by atoms with Gasteiger partial charge in [-0.3, -0.25) is 4.79 Å². The van der Waals surface area contributed by atoms with E-state index in [9.17, 15) is 9.59 Å². The second kappa shape index (κ2) is 6.89. The van der Waals surface area contributed by atoms with Gasteiger partial charge < -0.3 is 9.64 Å². The molecular formula is C16H19NO3. The average Bonchev–Trinajstić information content (AvgIpc) is 2.97. The fourth-order valence-electron chi connectivity index (χ4n) is 2.18. The maximum absolute atomic E-state index is 11.7. The first-order valence-electron chi connectivity index (χ1n) is 6.84. The van der Waals surface area contributed by atoms with Gasteiger partial charge in [0.2, 0.25) is 0 Å². The first kappa shape index (κ1) is 14.3. The Morgan fingerprint density at radius 2 is 2.05 bits per heavy atom. The van der Waals surface area contributed by atoms with Crippen LogP contribution in [0.15, 0.2) is 30.3 Å². The molecule has 106 valence electrons. The highest BCUT2D eigenvalue weighted by molar-refractivity contribution is 5.89. The van der Waals surface area contributed by atoms with Crippen molar-refractivity contribution in [1.29, 1.82) is 0 Å². The van der Waals surface area contributed by atoms with Crippen LogP contribution in [-0.4, -0.2) is 36.5 Å². The monoisotopic (exact) mass is 273 g/mol. The quantitative estimate of drug-likeness (QED) is 0.624. The molecule has 0 spiro atoms. The summed E-state index contributed by atoms with van der Waals surface area (Å²) in [5.74, 6) is -0.598. The minimum Gasteiger partial charge on any atom is -0.452 e. The van der Waals surface area contributed by atoms with Crippen molar-refractivity contribution in [3.05, 3.63) is 41.5 Å². The topological polar surface area (TPSA) is 46.6 Å². The van der Waals surface area contributed by atoms with Crippen molar-refractivity contribution in [1.82, 2.24) is 4.90 Å². The van der Waals surface area contributed by atoms with Crippen LogP contribution < -0.4 is 0 Å². The van der Waals surface area contributed by atoms with Crippen LogP contribution >= 0.6 is 0 Å². The zero-order valence-electron chi connectivity index (χ0n) is 11.7. The molecule has 1 aromatic carbocycles. The molecule has 0 aromatic heterocycles. The predicted octanol–water partition coefficient (Wildman–Crippen LogP) is 2.17. The number of carbonyl (C=O) groups excluding carboxylic acids is 2. The number of carbonyl (C=O) groups is 2. The second-order valence-electron chi connectivity index (χ2n) is 4.94. The first-order chi connectivity index (χ1) is 9.65. The molecule has 0 unspecified atom stereocenters. The number of amides is 1. The molecule has 4 heteroatoms. The molecule has 1 fully saturated rings. The summed E-state index contributed by atoms with van der Waals surface area (Å²) in [5, 5.41) is 0. The molecule has 0 aliphatic carbocycles. The molecule has 1 aliphatic heterocycles. The van der Waals surface area contributed by atoms with Crippen molar-refractivity contribution in [2.75, 3.05) is 19.7 Å². The van der Waals surface area contributed by atoms with Gasteiger partial charge in [-0.25, -0.2) is 4.79 Å². The van der Waals surface area contributed by atoms with Gasteiger partial charge in [0.25, 0.3) is 5.91 Å². The molecule has 0 bridgehead atoms. The molecule has 1 heterocycles. The van der Waals surface area contributed by atoms with Gasteiger partial charge in [-0.2, -0.15) is 0 Å². The molecule has 1 saturated heterocycles. The fraction of sp³-hybridized carbons (Fsp3) is 0.375. The van der Waals surface area contributed by atoms with E-state index in [1.807, 2.05) is 31.2 Å². The Labute approximate surface area is 119 Å². The summed E-state index contributed by atoms with van der Waals surface area (Å²) in [5.41, 5.74) is 2.07. The number of esters is 1. The van der Waals surface area contributed by atoms with Gasteiger partial charge >= 0.3 is 5.97 Å². The van der Waals surface area contributed by atoms with Crippen LogP contribution in [0.4, 0.5) is 0 Å². The molecule has 1 amide bonds. The number of ether oxygens (including phenoxy) is 1. The van der Waals surface area contributed by atoms with Gasteiger partial charge in [-0.05, 0) is 31.4 Å². The number of hydrogen-bond donors (Lipinski definition) is 0. The Balaban J connectivity index is 1.79. The highest BCUT2D eigenvalue weighted by atomic mass is 16.5. The van der Waals surface area contributed by atoms with Crippen LogP contribution in [0.5, 0.6) is 0 Å². The highest BCUT2D eigenvalue weighted by Crippen LogP contribution is 2.08. The summed E-state index contributed by atoms with van der Waals surface area (Å²) in [6.45, 7) is 3.37. The zero-order valence-corrected chi connectivity index (χ0v) is 11.7. The van der Waals surface area contributed by atoms with E-state index in [0.717, 1.165) is 37.1 Å². The number of nitrogens with zero attached hydrogens (tertiary/aromatic N) is 1. The fourth-order valence-corrected chi connectivity index (χ4v) is 2.18. The van der Waals surface area contributed by atoms with Crippen LogP contribution in [0.3, 0.4) is 0 Å². The molecular weight excluding hydrogens is 254 g/mol. The lowest BCUT2D eigenvalue weighted by molar-refractivity contribution is -0.147. The van der Waals surface area contributed by atoms with Crippen molar-refractivity contribution in [2.24, 2.45) is 0 Å². The van der Waals surface area contributed by atoms with Crippen LogP contribution in [-0.2, 0) is 14.3 Å². The Morgan fingerprint density at radius 3 is 2.75 bits per heavy atom. The van der Waals surface area contributed by atoms with Crippen molar-refractivity contribution < 1.29 is 14.3 Å². The third-order valence-electron chi connectivity index (χ3n) is 3.25. The van der Waals surface area contributed by atoms with E-state index in [2.05, 4.69) is 0 Å². The van der Waals surface area contributed by atoms with Crippen LogP contribution in [0.25, 0.3) is 6.08 Å². The smallest absolute Gasteiger partial charge is 0.331 e. The van der Waals surface area contributed by atoms with E-state index >= 15 is 0 Å². The highest BCUT2D eigenvalue weighted by Gasteiger charge is 2.18. The van der Waals surface area contributed by atoms with Gasteiger partial charge in [-0.15, -0.1) is 0 Å². The SMILES string of the molecule is Cc1cccc(C=CC(=O)OCC(=O)N2CCCC2)c1. The Hall–Kier alpha value is -2.10. The maximum Gasteiger partial charge on any atom is 0.331 e. The Kier molecular flexibility index (Phi) is 4.93. The lowest BCUT2D eigenvalue weighted by atomic mass is 10.1. The second-order valence-corrected chi connectivity index (χ2v) is 4.94. The van der Waals surface area contributed by atoms with Crippen molar-refractivity contribution >= 4 is 18.0 Å². The average molecular weight is 273 g/mol. The summed E-state index contributed by atoms with van der Waals surface area (Å²) < 4.78 is 4.95. The number of rotatable bonds is 4. The molecule has 2 rings (SSSR count). The largest absolute Gasteiger partial charge is 0.452 e. The predicted molar refractivity (Wildman–Crippen MR) is 77.0 cm³/mol. The molecule has 1 aliphatic rings. The standard InChI is InChI=1S/C16H19NO3/c1-13-5-4-6-14(11-13)7-8-16(19)20-12-15(18)17-9-2-3-10-17/h4-8,11H,2-3,9-10,12H2,1H3. The van der Waals surface area contributed by atoms with Gasteiger partial charge in [0.1, 0.15) is 0 Å². The maximum atomic E-state index is 11.7. The number of hydrogen-bond acceptors (Lipinski definition) is 3. The summed E-state index contributed by atoms with van der Waals surface area (Å²) in [6, 6.07) is 7.80. The van der Waals surface area contributed by atoms with Crippen LogP contribution in [0.2, 0.25) is 0 Å². The molecule has 20 heavy (non-hydrogen) atoms. The van der Waals surface area contributed by atoms with Gasteiger partial charge in [0.05, 0.1) is 0 Å². The third-order valence-corrected chi connectivity index (χ3v) is 3.25. The van der Waals surface area contributed by atoms with Crippen LogP contribution in [0.1, 0.15) is 24.0 Å². The van der Waals surface area contributed by atoms with E-state index in [-0.39, 0.29) is 12.5 Å². The summed E-state index contributed by atoms with van der Waals surface area (Å²) >= 11 is 0. The van der Waals surface area contributed by atoms with Gasteiger partial charge in [-0.1, -0.05) is 29.8 Å². The Morgan fingerprint density at radius 1 is 1.30 bits per heavy atom. The van der Waals surface area contributed by atoms with Crippen molar-refractivity contribution in [3.8, 4) is 0 Å². The lowest BCUT2D eigenvalue weighted by Crippen LogP contribution is -2.31. The Bertz CT molecular complexity index is 516. The van der Waals surface area contributed by atoms with Gasteiger partial charge in [0.15, 0.2) is 6.61 Å². The van der Waals surface area contributed by atoms with Gasteiger partial charge in [0, 0.05) is 19.2 Å². The summed E-state index contributed by atoms with van der Waals surface area (Å²) in [7, 11) is 0. The van der Waals surface area contributed by atoms with E-state index in [1.54, 1.807) is 11.0 Å². The molecule has 0 N–H and O–H groups in total.